The molecule has 0 aromatic heterocycles. The van der Waals surface area contributed by atoms with Crippen LogP contribution in [0.1, 0.15) is 6.42 Å². The van der Waals surface area contributed by atoms with Crippen LogP contribution in [0.2, 0.25) is 0 Å². The third kappa shape index (κ3) is 2.19. The molecule has 0 aromatic rings. The fourth-order valence-electron chi connectivity index (χ4n) is 1.46. The van der Waals surface area contributed by atoms with E-state index in [0.29, 0.717) is 0 Å². The lowest BCUT2D eigenvalue weighted by Crippen LogP contribution is -2.47. The molecule has 4 heteroatoms. The van der Waals surface area contributed by atoms with Gasteiger partial charge >= 0.3 is 0 Å². The minimum atomic E-state index is -0.00231. The van der Waals surface area contributed by atoms with Crippen LogP contribution in [-0.4, -0.2) is 50.6 Å². The van der Waals surface area contributed by atoms with Crippen LogP contribution in [0.3, 0.4) is 0 Å². The van der Waals surface area contributed by atoms with Crippen molar-refractivity contribution in [3.8, 4) is 0 Å². The maximum atomic E-state index is 11.3. The molecule has 4 nitrogen and oxygen atoms in total. The Morgan fingerprint density at radius 2 is 2.42 bits per heavy atom. The number of carbonyl (C=O) groups excluding carboxylic acids is 1. The maximum Gasteiger partial charge on any atom is 0.238 e. The van der Waals surface area contributed by atoms with Gasteiger partial charge in [0.1, 0.15) is 6.04 Å². The normalized spacial score (nSPS) is 26.3. The molecule has 70 valence electrons. The van der Waals surface area contributed by atoms with Gasteiger partial charge in [-0.05, 0) is 26.6 Å². The number of amides is 1. The van der Waals surface area contributed by atoms with Gasteiger partial charge in [-0.3, -0.25) is 9.69 Å². The van der Waals surface area contributed by atoms with Crippen LogP contribution in [0.4, 0.5) is 0 Å². The van der Waals surface area contributed by atoms with Crippen LogP contribution in [0.5, 0.6) is 0 Å². The van der Waals surface area contributed by atoms with Crippen molar-refractivity contribution in [2.75, 3.05) is 33.7 Å². The smallest absolute Gasteiger partial charge is 0.238 e. The van der Waals surface area contributed by atoms with E-state index in [0.717, 1.165) is 26.1 Å². The second kappa shape index (κ2) is 4.42. The average Bonchev–Trinajstić information content (AvgIpc) is 2.28. The van der Waals surface area contributed by atoms with Crippen molar-refractivity contribution in [3.63, 3.8) is 0 Å². The van der Waals surface area contributed by atoms with Crippen molar-refractivity contribution in [2.45, 2.75) is 12.5 Å². The molecule has 0 bridgehead atoms. The number of nitrogens with one attached hydrogen (secondary N) is 2. The van der Waals surface area contributed by atoms with Crippen molar-refractivity contribution in [3.05, 3.63) is 0 Å². The molecule has 1 rings (SSSR count). The SMILES string of the molecule is CNC(=O)C1CNCCCN1C. The van der Waals surface area contributed by atoms with E-state index in [1.54, 1.807) is 7.05 Å². The largest absolute Gasteiger partial charge is 0.358 e. The predicted molar refractivity (Wildman–Crippen MR) is 48.0 cm³/mol. The van der Waals surface area contributed by atoms with Gasteiger partial charge in [0.25, 0.3) is 0 Å². The van der Waals surface area contributed by atoms with E-state index >= 15 is 0 Å². The summed E-state index contributed by atoms with van der Waals surface area (Å²) in [6.45, 7) is 2.76. The van der Waals surface area contributed by atoms with Gasteiger partial charge in [0, 0.05) is 13.6 Å². The number of carbonyl (C=O) groups is 1. The van der Waals surface area contributed by atoms with Gasteiger partial charge in [0.2, 0.25) is 5.91 Å². The molecule has 1 fully saturated rings. The minimum Gasteiger partial charge on any atom is -0.358 e. The molecule has 1 atom stereocenters. The Bertz CT molecular complexity index is 160. The topological polar surface area (TPSA) is 44.4 Å². The minimum absolute atomic E-state index is 0.00231. The zero-order valence-corrected chi connectivity index (χ0v) is 7.76. The highest BCUT2D eigenvalue weighted by molar-refractivity contribution is 5.81. The van der Waals surface area contributed by atoms with Gasteiger partial charge in [-0.1, -0.05) is 0 Å². The van der Waals surface area contributed by atoms with Crippen LogP contribution in [0.25, 0.3) is 0 Å². The van der Waals surface area contributed by atoms with Gasteiger partial charge in [-0.15, -0.1) is 0 Å². The first-order chi connectivity index (χ1) is 5.75. The van der Waals surface area contributed by atoms with Crippen LogP contribution in [0, 0.1) is 0 Å². The molecule has 1 unspecified atom stereocenters. The van der Waals surface area contributed by atoms with Crippen molar-refractivity contribution in [1.82, 2.24) is 15.5 Å². The van der Waals surface area contributed by atoms with Gasteiger partial charge < -0.3 is 10.6 Å². The van der Waals surface area contributed by atoms with Gasteiger partial charge in [-0.2, -0.15) is 0 Å². The summed E-state index contributed by atoms with van der Waals surface area (Å²) in [6, 6.07) is -0.00231. The van der Waals surface area contributed by atoms with E-state index in [-0.39, 0.29) is 11.9 Å². The van der Waals surface area contributed by atoms with E-state index in [1.165, 1.54) is 0 Å². The van der Waals surface area contributed by atoms with Crippen molar-refractivity contribution >= 4 is 5.91 Å². The lowest BCUT2D eigenvalue weighted by Gasteiger charge is -2.23. The van der Waals surface area contributed by atoms with Gasteiger partial charge in [0.05, 0.1) is 0 Å². The Kier molecular flexibility index (Phi) is 3.49. The Morgan fingerprint density at radius 1 is 1.67 bits per heavy atom. The first-order valence-corrected chi connectivity index (χ1v) is 4.38. The average molecular weight is 171 g/mol. The highest BCUT2D eigenvalue weighted by atomic mass is 16.2. The lowest BCUT2D eigenvalue weighted by atomic mass is 10.2. The molecule has 0 spiro atoms. The zero-order valence-electron chi connectivity index (χ0n) is 7.76. The molecular weight excluding hydrogens is 154 g/mol. The lowest BCUT2D eigenvalue weighted by molar-refractivity contribution is -0.125. The molecule has 0 aromatic carbocycles. The summed E-state index contributed by atoms with van der Waals surface area (Å²) in [7, 11) is 3.67. The molecule has 1 aliphatic rings. The molecular formula is C8H17N3O. The van der Waals surface area contributed by atoms with Gasteiger partial charge in [-0.25, -0.2) is 0 Å². The summed E-state index contributed by atoms with van der Waals surface area (Å²) in [5.74, 6) is 0.104. The Balaban J connectivity index is 2.52. The molecule has 1 saturated heterocycles. The molecule has 1 heterocycles. The highest BCUT2D eigenvalue weighted by Gasteiger charge is 2.22. The number of nitrogens with zero attached hydrogens (tertiary/aromatic N) is 1. The number of hydrogen-bond donors (Lipinski definition) is 2. The number of likely N-dealkylation sites (N-methyl/N-ethyl adjacent to an activating group) is 2. The van der Waals surface area contributed by atoms with E-state index in [2.05, 4.69) is 15.5 Å². The molecule has 1 aliphatic heterocycles. The summed E-state index contributed by atoms with van der Waals surface area (Å²) >= 11 is 0. The summed E-state index contributed by atoms with van der Waals surface area (Å²) in [5, 5.41) is 5.91. The fraction of sp³-hybridized carbons (Fsp3) is 0.875. The van der Waals surface area contributed by atoms with E-state index in [4.69, 9.17) is 0 Å². The highest BCUT2D eigenvalue weighted by Crippen LogP contribution is 2.00. The number of rotatable bonds is 1. The quantitative estimate of drug-likeness (QED) is 0.533. The first-order valence-electron chi connectivity index (χ1n) is 4.38. The van der Waals surface area contributed by atoms with Gasteiger partial charge in [0.15, 0.2) is 0 Å². The second-order valence-corrected chi connectivity index (χ2v) is 3.17. The molecule has 0 saturated carbocycles. The molecule has 1 amide bonds. The molecule has 0 radical (unpaired) electrons. The summed E-state index contributed by atoms with van der Waals surface area (Å²) < 4.78 is 0. The monoisotopic (exact) mass is 171 g/mol. The number of hydrogen-bond acceptors (Lipinski definition) is 3. The summed E-state index contributed by atoms with van der Waals surface area (Å²) in [4.78, 5) is 13.4. The first kappa shape index (κ1) is 9.48. The molecule has 0 aliphatic carbocycles. The van der Waals surface area contributed by atoms with Crippen LogP contribution < -0.4 is 10.6 Å². The summed E-state index contributed by atoms with van der Waals surface area (Å²) in [6.07, 6.45) is 1.12. The Labute approximate surface area is 73.3 Å². The van der Waals surface area contributed by atoms with Crippen molar-refractivity contribution < 1.29 is 4.79 Å². The third-order valence-electron chi connectivity index (χ3n) is 2.28. The Morgan fingerprint density at radius 3 is 3.08 bits per heavy atom. The van der Waals surface area contributed by atoms with E-state index < -0.39 is 0 Å². The second-order valence-electron chi connectivity index (χ2n) is 3.17. The van der Waals surface area contributed by atoms with Crippen LogP contribution >= 0.6 is 0 Å². The third-order valence-corrected chi connectivity index (χ3v) is 2.28. The standard InChI is InChI=1S/C8H17N3O/c1-9-8(12)7-6-10-4-3-5-11(7)2/h7,10H,3-6H2,1-2H3,(H,9,12). The zero-order chi connectivity index (χ0) is 8.97. The Hall–Kier alpha value is -0.610. The summed E-state index contributed by atoms with van der Waals surface area (Å²) in [5.41, 5.74) is 0. The molecule has 12 heavy (non-hydrogen) atoms. The molecule has 2 N–H and O–H groups in total. The predicted octanol–water partition coefficient (Wildman–Crippen LogP) is -0.974. The van der Waals surface area contributed by atoms with E-state index in [9.17, 15) is 4.79 Å². The van der Waals surface area contributed by atoms with Crippen molar-refractivity contribution in [1.29, 1.82) is 0 Å². The van der Waals surface area contributed by atoms with Crippen LogP contribution in [-0.2, 0) is 4.79 Å². The van der Waals surface area contributed by atoms with Crippen molar-refractivity contribution in [2.24, 2.45) is 0 Å². The maximum absolute atomic E-state index is 11.3. The van der Waals surface area contributed by atoms with Crippen LogP contribution in [0.15, 0.2) is 0 Å². The van der Waals surface area contributed by atoms with E-state index in [1.807, 2.05) is 7.05 Å². The fourth-order valence-corrected chi connectivity index (χ4v) is 1.46.